The molecule has 0 radical (unpaired) electrons. The lowest BCUT2D eigenvalue weighted by Gasteiger charge is -2.25. The Morgan fingerprint density at radius 3 is 2.38 bits per heavy atom. The molecule has 1 rings (SSSR count). The van der Waals surface area contributed by atoms with Crippen molar-refractivity contribution in [3.63, 3.8) is 0 Å². The normalized spacial score (nSPS) is 11.2. The highest BCUT2D eigenvalue weighted by molar-refractivity contribution is 5.69. The van der Waals surface area contributed by atoms with Gasteiger partial charge in [-0.3, -0.25) is 9.69 Å². The second kappa shape index (κ2) is 7.88. The van der Waals surface area contributed by atoms with Crippen LogP contribution in [0.2, 0.25) is 0 Å². The van der Waals surface area contributed by atoms with E-state index in [4.69, 9.17) is 14.6 Å². The Hall–Kier alpha value is -1.75. The summed E-state index contributed by atoms with van der Waals surface area (Å²) in [5.74, 6) is 0.543. The molecule has 0 atom stereocenters. The van der Waals surface area contributed by atoms with Crippen molar-refractivity contribution in [1.82, 2.24) is 4.90 Å². The minimum atomic E-state index is -0.824. The van der Waals surface area contributed by atoms with Crippen LogP contribution in [0.1, 0.15) is 33.3 Å². The molecule has 1 aromatic carbocycles. The van der Waals surface area contributed by atoms with Crippen LogP contribution in [0.5, 0.6) is 11.5 Å². The number of carboxylic acids is 1. The second-order valence-electron chi connectivity index (χ2n) is 5.54. The van der Waals surface area contributed by atoms with Crippen molar-refractivity contribution >= 4 is 5.97 Å². The maximum atomic E-state index is 10.9. The van der Waals surface area contributed by atoms with Crippen LogP contribution in [-0.2, 0) is 11.3 Å². The number of ether oxygens (including phenoxy) is 2. The molecule has 0 unspecified atom stereocenters. The van der Waals surface area contributed by atoms with E-state index in [1.54, 1.807) is 7.11 Å². The molecule has 0 heterocycles. The lowest BCUT2D eigenvalue weighted by Crippen LogP contribution is -2.35. The Morgan fingerprint density at radius 1 is 1.24 bits per heavy atom. The summed E-state index contributed by atoms with van der Waals surface area (Å²) in [4.78, 5) is 12.8. The van der Waals surface area contributed by atoms with Gasteiger partial charge < -0.3 is 14.6 Å². The van der Waals surface area contributed by atoms with E-state index in [1.807, 2.05) is 50.8 Å². The Bertz CT molecular complexity index is 471. The van der Waals surface area contributed by atoms with E-state index >= 15 is 0 Å². The molecule has 0 spiro atoms. The van der Waals surface area contributed by atoms with E-state index < -0.39 is 5.97 Å². The summed E-state index contributed by atoms with van der Waals surface area (Å²) in [7, 11) is 1.60. The fraction of sp³-hybridized carbons (Fsp3) is 0.562. The van der Waals surface area contributed by atoms with Gasteiger partial charge >= 0.3 is 5.97 Å². The quantitative estimate of drug-likeness (QED) is 0.799. The SMILES string of the molecule is COc1cc(CN(CC(=O)O)C(C)C)ccc1OC(C)C. The van der Waals surface area contributed by atoms with Gasteiger partial charge in [-0.25, -0.2) is 0 Å². The zero-order valence-corrected chi connectivity index (χ0v) is 13.4. The number of benzene rings is 1. The third-order valence-electron chi connectivity index (χ3n) is 3.05. The molecule has 0 bridgehead atoms. The molecule has 21 heavy (non-hydrogen) atoms. The Kier molecular flexibility index (Phi) is 6.49. The Labute approximate surface area is 126 Å². The second-order valence-corrected chi connectivity index (χ2v) is 5.54. The summed E-state index contributed by atoms with van der Waals surface area (Å²) in [6, 6.07) is 5.86. The van der Waals surface area contributed by atoms with E-state index in [0.29, 0.717) is 18.0 Å². The monoisotopic (exact) mass is 295 g/mol. The molecule has 0 aromatic heterocycles. The van der Waals surface area contributed by atoms with E-state index in [-0.39, 0.29) is 18.7 Å². The molecule has 5 nitrogen and oxygen atoms in total. The summed E-state index contributed by atoms with van der Waals surface area (Å²) in [6.07, 6.45) is 0.0731. The highest BCUT2D eigenvalue weighted by atomic mass is 16.5. The standard InChI is InChI=1S/C16H25NO4/c1-11(2)17(10-16(18)19)9-13-6-7-14(21-12(3)4)15(8-13)20-5/h6-8,11-12H,9-10H2,1-5H3,(H,18,19). The molecule has 0 aliphatic heterocycles. The number of aliphatic carboxylic acids is 1. The maximum absolute atomic E-state index is 10.9. The number of hydrogen-bond donors (Lipinski definition) is 1. The first-order valence-electron chi connectivity index (χ1n) is 7.13. The third kappa shape index (κ3) is 5.63. The highest BCUT2D eigenvalue weighted by Gasteiger charge is 2.15. The van der Waals surface area contributed by atoms with Crippen LogP contribution in [0, 0.1) is 0 Å². The van der Waals surface area contributed by atoms with E-state index in [2.05, 4.69) is 0 Å². The smallest absolute Gasteiger partial charge is 0.317 e. The first-order valence-corrected chi connectivity index (χ1v) is 7.13. The molecule has 0 saturated heterocycles. The molecule has 0 fully saturated rings. The number of carboxylic acid groups (broad SMARTS) is 1. The van der Waals surface area contributed by atoms with Gasteiger partial charge in [-0.1, -0.05) is 6.07 Å². The van der Waals surface area contributed by atoms with Gasteiger partial charge in [0.05, 0.1) is 19.8 Å². The van der Waals surface area contributed by atoms with Crippen LogP contribution in [0.15, 0.2) is 18.2 Å². The number of hydrogen-bond acceptors (Lipinski definition) is 4. The van der Waals surface area contributed by atoms with Crippen molar-refractivity contribution in [2.24, 2.45) is 0 Å². The molecule has 5 heteroatoms. The molecule has 0 saturated carbocycles. The summed E-state index contributed by atoms with van der Waals surface area (Å²) in [5, 5.41) is 8.97. The molecular formula is C16H25NO4. The van der Waals surface area contributed by atoms with Crippen molar-refractivity contribution in [3.05, 3.63) is 23.8 Å². The number of methoxy groups -OCH3 is 1. The minimum Gasteiger partial charge on any atom is -0.493 e. The lowest BCUT2D eigenvalue weighted by atomic mass is 10.1. The maximum Gasteiger partial charge on any atom is 0.317 e. The van der Waals surface area contributed by atoms with Crippen molar-refractivity contribution in [2.45, 2.75) is 46.4 Å². The number of nitrogens with zero attached hydrogens (tertiary/aromatic N) is 1. The lowest BCUT2D eigenvalue weighted by molar-refractivity contribution is -0.138. The largest absolute Gasteiger partial charge is 0.493 e. The average molecular weight is 295 g/mol. The molecule has 0 aliphatic rings. The first kappa shape index (κ1) is 17.3. The van der Waals surface area contributed by atoms with Gasteiger partial charge in [0.15, 0.2) is 11.5 Å². The zero-order chi connectivity index (χ0) is 16.0. The van der Waals surface area contributed by atoms with Gasteiger partial charge in [0, 0.05) is 12.6 Å². The Balaban J connectivity index is 2.90. The third-order valence-corrected chi connectivity index (χ3v) is 3.05. The van der Waals surface area contributed by atoms with E-state index in [1.165, 1.54) is 0 Å². The minimum absolute atomic E-state index is 0.0181. The predicted octanol–water partition coefficient (Wildman–Crippen LogP) is 2.78. The fourth-order valence-corrected chi connectivity index (χ4v) is 1.99. The molecule has 0 aliphatic carbocycles. The fourth-order valence-electron chi connectivity index (χ4n) is 1.99. The molecule has 1 N–H and O–H groups in total. The predicted molar refractivity (Wildman–Crippen MR) is 81.9 cm³/mol. The van der Waals surface area contributed by atoms with Gasteiger partial charge in [0.1, 0.15) is 0 Å². The summed E-state index contributed by atoms with van der Waals surface area (Å²) >= 11 is 0. The van der Waals surface area contributed by atoms with Gasteiger partial charge in [0.25, 0.3) is 0 Å². The van der Waals surface area contributed by atoms with Gasteiger partial charge in [-0.15, -0.1) is 0 Å². The average Bonchev–Trinajstić information content (AvgIpc) is 2.38. The van der Waals surface area contributed by atoms with Crippen molar-refractivity contribution in [3.8, 4) is 11.5 Å². The van der Waals surface area contributed by atoms with Crippen LogP contribution in [0.3, 0.4) is 0 Å². The summed E-state index contributed by atoms with van der Waals surface area (Å²) < 4.78 is 11.0. The van der Waals surface area contributed by atoms with Crippen LogP contribution >= 0.6 is 0 Å². The molecule has 0 amide bonds. The van der Waals surface area contributed by atoms with E-state index in [9.17, 15) is 4.79 Å². The Morgan fingerprint density at radius 2 is 1.90 bits per heavy atom. The molecule has 118 valence electrons. The summed E-state index contributed by atoms with van der Waals surface area (Å²) in [5.41, 5.74) is 0.998. The van der Waals surface area contributed by atoms with Crippen LogP contribution < -0.4 is 9.47 Å². The van der Waals surface area contributed by atoms with Crippen molar-refractivity contribution in [2.75, 3.05) is 13.7 Å². The number of rotatable bonds is 8. The first-order chi connectivity index (χ1) is 9.83. The van der Waals surface area contributed by atoms with Gasteiger partial charge in [0.2, 0.25) is 0 Å². The highest BCUT2D eigenvalue weighted by Crippen LogP contribution is 2.29. The molecular weight excluding hydrogens is 270 g/mol. The van der Waals surface area contributed by atoms with Crippen LogP contribution in [0.25, 0.3) is 0 Å². The topological polar surface area (TPSA) is 59.0 Å². The summed E-state index contributed by atoms with van der Waals surface area (Å²) in [6.45, 7) is 8.46. The van der Waals surface area contributed by atoms with E-state index in [0.717, 1.165) is 5.56 Å². The van der Waals surface area contributed by atoms with Crippen molar-refractivity contribution < 1.29 is 19.4 Å². The van der Waals surface area contributed by atoms with Crippen molar-refractivity contribution in [1.29, 1.82) is 0 Å². The zero-order valence-electron chi connectivity index (χ0n) is 13.4. The van der Waals surface area contributed by atoms with Gasteiger partial charge in [-0.2, -0.15) is 0 Å². The molecule has 1 aromatic rings. The number of carbonyl (C=O) groups is 1. The van der Waals surface area contributed by atoms with Crippen LogP contribution in [-0.4, -0.2) is 41.8 Å². The van der Waals surface area contributed by atoms with Gasteiger partial charge in [-0.05, 0) is 45.4 Å². The van der Waals surface area contributed by atoms with Crippen LogP contribution in [0.4, 0.5) is 0 Å².